The summed E-state index contributed by atoms with van der Waals surface area (Å²) in [6, 6.07) is 17.1. The van der Waals surface area contributed by atoms with Gasteiger partial charge in [0.1, 0.15) is 6.29 Å². The topological polar surface area (TPSA) is 26.3 Å². The lowest BCUT2D eigenvalue weighted by Crippen LogP contribution is -2.44. The van der Waals surface area contributed by atoms with Gasteiger partial charge in [0.15, 0.2) is 0 Å². The average molecular weight is 351 g/mol. The van der Waals surface area contributed by atoms with Crippen molar-refractivity contribution in [3.63, 3.8) is 0 Å². The molecule has 1 aliphatic rings. The molecule has 2 heteroatoms. The first-order valence-electron chi connectivity index (χ1n) is 9.88. The second-order valence-electron chi connectivity index (χ2n) is 7.47. The summed E-state index contributed by atoms with van der Waals surface area (Å²) in [6.45, 7) is 4.96. The van der Waals surface area contributed by atoms with Gasteiger partial charge in [0, 0.05) is 13.0 Å². The molecule has 0 heterocycles. The van der Waals surface area contributed by atoms with Gasteiger partial charge in [-0.25, -0.2) is 0 Å². The second-order valence-corrected chi connectivity index (χ2v) is 7.47. The number of carbonyl (C=O) groups excluding carboxylic acids is 1. The maximum atomic E-state index is 12.5. The van der Waals surface area contributed by atoms with Gasteiger partial charge in [-0.2, -0.15) is 0 Å². The molecule has 2 unspecified atom stereocenters. The van der Waals surface area contributed by atoms with Crippen LogP contribution in [-0.2, 0) is 14.9 Å². The maximum absolute atomic E-state index is 12.5. The van der Waals surface area contributed by atoms with E-state index in [0.29, 0.717) is 12.5 Å². The summed E-state index contributed by atoms with van der Waals surface area (Å²) in [6.07, 6.45) is 5.63. The highest BCUT2D eigenvalue weighted by molar-refractivity contribution is 5.83. The lowest BCUT2D eigenvalue weighted by atomic mass is 9.63. The summed E-state index contributed by atoms with van der Waals surface area (Å²) in [7, 11) is 1.75. The van der Waals surface area contributed by atoms with Gasteiger partial charge in [-0.1, -0.05) is 81.6 Å². The standard InChI is InChI=1S/C24H30O2/c1-4-6-11-18(5-2)23(16-25)24(17-26-3)21-14-9-7-12-19(21)20-13-8-10-15-22(20)24/h7-10,12-16,18,23H,4-6,11,17H2,1-3H3. The van der Waals surface area contributed by atoms with Crippen LogP contribution < -0.4 is 0 Å². The van der Waals surface area contributed by atoms with Crippen LogP contribution in [0, 0.1) is 11.8 Å². The maximum Gasteiger partial charge on any atom is 0.124 e. The van der Waals surface area contributed by atoms with Crippen LogP contribution in [0.4, 0.5) is 0 Å². The number of methoxy groups -OCH3 is 1. The number of aldehydes is 1. The third-order valence-electron chi connectivity index (χ3n) is 6.15. The highest BCUT2D eigenvalue weighted by atomic mass is 16.5. The van der Waals surface area contributed by atoms with E-state index in [9.17, 15) is 4.79 Å². The van der Waals surface area contributed by atoms with Gasteiger partial charge in [-0.3, -0.25) is 0 Å². The van der Waals surface area contributed by atoms with Crippen LogP contribution in [0.5, 0.6) is 0 Å². The molecule has 2 atom stereocenters. The third-order valence-corrected chi connectivity index (χ3v) is 6.15. The molecule has 0 radical (unpaired) electrons. The van der Waals surface area contributed by atoms with Gasteiger partial charge in [-0.15, -0.1) is 0 Å². The lowest BCUT2D eigenvalue weighted by molar-refractivity contribution is -0.115. The molecule has 26 heavy (non-hydrogen) atoms. The van der Waals surface area contributed by atoms with Crippen molar-refractivity contribution in [3.05, 3.63) is 59.7 Å². The summed E-state index contributed by atoms with van der Waals surface area (Å²) in [5, 5.41) is 0. The van der Waals surface area contributed by atoms with E-state index >= 15 is 0 Å². The van der Waals surface area contributed by atoms with E-state index in [1.165, 1.54) is 28.5 Å². The molecule has 0 amide bonds. The monoisotopic (exact) mass is 350 g/mol. The van der Waals surface area contributed by atoms with Crippen molar-refractivity contribution >= 4 is 6.29 Å². The number of ether oxygens (including phenoxy) is 1. The van der Waals surface area contributed by atoms with Crippen molar-refractivity contribution in [2.24, 2.45) is 11.8 Å². The number of carbonyl (C=O) groups is 1. The average Bonchev–Trinajstić information content (AvgIpc) is 2.97. The zero-order valence-corrected chi connectivity index (χ0v) is 16.2. The van der Waals surface area contributed by atoms with Crippen LogP contribution in [0.1, 0.15) is 50.7 Å². The normalized spacial score (nSPS) is 16.6. The van der Waals surface area contributed by atoms with Crippen molar-refractivity contribution in [2.75, 3.05) is 13.7 Å². The Morgan fingerprint density at radius 3 is 2.04 bits per heavy atom. The predicted octanol–water partition coefficient (Wildman–Crippen LogP) is 5.63. The minimum absolute atomic E-state index is 0.0798. The van der Waals surface area contributed by atoms with E-state index in [1.807, 2.05) is 0 Å². The van der Waals surface area contributed by atoms with Crippen LogP contribution in [0.2, 0.25) is 0 Å². The number of rotatable bonds is 9. The molecule has 0 bridgehead atoms. The van der Waals surface area contributed by atoms with Crippen molar-refractivity contribution < 1.29 is 9.53 Å². The van der Waals surface area contributed by atoms with E-state index in [4.69, 9.17) is 4.74 Å². The first-order valence-corrected chi connectivity index (χ1v) is 9.88. The molecule has 3 rings (SSSR count). The fourth-order valence-corrected chi connectivity index (χ4v) is 4.93. The van der Waals surface area contributed by atoms with Crippen LogP contribution in [0.3, 0.4) is 0 Å². The Labute approximate surface area is 157 Å². The molecular formula is C24H30O2. The van der Waals surface area contributed by atoms with Crippen LogP contribution in [-0.4, -0.2) is 20.0 Å². The van der Waals surface area contributed by atoms with Gasteiger partial charge in [0.25, 0.3) is 0 Å². The molecule has 0 aliphatic heterocycles. The number of unbranched alkanes of at least 4 members (excludes halogenated alkanes) is 1. The molecule has 1 aliphatic carbocycles. The Bertz CT molecular complexity index is 704. The molecule has 0 aromatic heterocycles. The van der Waals surface area contributed by atoms with Crippen molar-refractivity contribution in [1.82, 2.24) is 0 Å². The quantitative estimate of drug-likeness (QED) is 0.548. The molecular weight excluding hydrogens is 320 g/mol. The van der Waals surface area contributed by atoms with Gasteiger partial charge in [0.2, 0.25) is 0 Å². The summed E-state index contributed by atoms with van der Waals surface area (Å²) in [5.74, 6) is 0.283. The fraction of sp³-hybridized carbons (Fsp3) is 0.458. The highest BCUT2D eigenvalue weighted by Crippen LogP contribution is 2.54. The van der Waals surface area contributed by atoms with E-state index in [-0.39, 0.29) is 5.92 Å². The number of benzene rings is 2. The summed E-state index contributed by atoms with van der Waals surface area (Å²) < 4.78 is 5.77. The minimum Gasteiger partial charge on any atom is -0.383 e. The smallest absolute Gasteiger partial charge is 0.124 e. The van der Waals surface area contributed by atoms with Gasteiger partial charge < -0.3 is 9.53 Å². The third kappa shape index (κ3) is 2.91. The first-order chi connectivity index (χ1) is 12.7. The number of hydrogen-bond acceptors (Lipinski definition) is 2. The molecule has 0 saturated carbocycles. The Kier molecular flexibility index (Phi) is 5.93. The molecule has 2 aromatic rings. The Balaban J connectivity index is 2.22. The highest BCUT2D eigenvalue weighted by Gasteiger charge is 2.50. The van der Waals surface area contributed by atoms with Gasteiger partial charge >= 0.3 is 0 Å². The summed E-state index contributed by atoms with van der Waals surface area (Å²) >= 11 is 0. The molecule has 0 saturated heterocycles. The number of hydrogen-bond donors (Lipinski definition) is 0. The van der Waals surface area contributed by atoms with Crippen LogP contribution >= 0.6 is 0 Å². The van der Waals surface area contributed by atoms with Crippen LogP contribution in [0.25, 0.3) is 11.1 Å². The second kappa shape index (κ2) is 8.18. The van der Waals surface area contributed by atoms with E-state index in [2.05, 4.69) is 62.4 Å². The molecule has 2 aromatic carbocycles. The Morgan fingerprint density at radius 2 is 1.58 bits per heavy atom. The minimum atomic E-state index is -0.391. The zero-order chi connectivity index (χ0) is 18.6. The molecule has 0 N–H and O–H groups in total. The van der Waals surface area contributed by atoms with Crippen LogP contribution in [0.15, 0.2) is 48.5 Å². The molecule has 0 fully saturated rings. The largest absolute Gasteiger partial charge is 0.383 e. The van der Waals surface area contributed by atoms with Gasteiger partial charge in [-0.05, 0) is 34.6 Å². The van der Waals surface area contributed by atoms with Gasteiger partial charge in [0.05, 0.1) is 12.0 Å². The lowest BCUT2D eigenvalue weighted by Gasteiger charge is -2.40. The first kappa shape index (κ1) is 18.8. The molecule has 0 spiro atoms. The molecule has 138 valence electrons. The van der Waals surface area contributed by atoms with E-state index in [0.717, 1.165) is 25.7 Å². The predicted molar refractivity (Wildman–Crippen MR) is 107 cm³/mol. The Morgan fingerprint density at radius 1 is 1.00 bits per heavy atom. The summed E-state index contributed by atoms with van der Waals surface area (Å²) in [4.78, 5) is 12.5. The SMILES string of the molecule is CCCCC(CC)C(C=O)C1(COC)c2ccccc2-c2ccccc21. The van der Waals surface area contributed by atoms with E-state index < -0.39 is 5.41 Å². The summed E-state index contributed by atoms with van der Waals surface area (Å²) in [5.41, 5.74) is 4.60. The van der Waals surface area contributed by atoms with Crippen molar-refractivity contribution in [2.45, 2.75) is 44.9 Å². The number of fused-ring (bicyclic) bond motifs is 3. The Hall–Kier alpha value is -1.93. The van der Waals surface area contributed by atoms with Crippen molar-refractivity contribution in [1.29, 1.82) is 0 Å². The van der Waals surface area contributed by atoms with E-state index in [1.54, 1.807) is 7.11 Å². The van der Waals surface area contributed by atoms with Crippen molar-refractivity contribution in [3.8, 4) is 11.1 Å². The zero-order valence-electron chi connectivity index (χ0n) is 16.2. The molecule has 2 nitrogen and oxygen atoms in total. The fourth-order valence-electron chi connectivity index (χ4n) is 4.93.